The van der Waals surface area contributed by atoms with Crippen molar-refractivity contribution in [1.29, 1.82) is 0 Å². The molecule has 0 aliphatic carbocycles. The summed E-state index contributed by atoms with van der Waals surface area (Å²) >= 11 is 0. The van der Waals surface area contributed by atoms with Crippen LogP contribution in [0.15, 0.2) is 12.1 Å². The number of hydrogen-bond acceptors (Lipinski definition) is 4. The van der Waals surface area contributed by atoms with E-state index in [4.69, 9.17) is 11.5 Å². The number of rotatable bonds is 6. The Balaban J connectivity index is 3.00. The van der Waals surface area contributed by atoms with Gasteiger partial charge in [0.1, 0.15) is 5.69 Å². The van der Waals surface area contributed by atoms with E-state index in [0.29, 0.717) is 11.5 Å². The maximum Gasteiger partial charge on any atom is 0.267 e. The van der Waals surface area contributed by atoms with Crippen LogP contribution in [0.1, 0.15) is 37.2 Å². The minimum absolute atomic E-state index is 0.254. The molecule has 5 nitrogen and oxygen atoms in total. The molecular formula is C12H20N4O. The number of primary amides is 1. The molecule has 0 saturated heterocycles. The lowest BCUT2D eigenvalue weighted by atomic mass is 10.2. The average molecular weight is 236 g/mol. The fraction of sp³-hybridized carbons (Fsp3) is 0.500. The number of nitrogen functional groups attached to an aromatic ring is 1. The molecule has 1 rings (SSSR count). The van der Waals surface area contributed by atoms with Gasteiger partial charge >= 0.3 is 0 Å². The van der Waals surface area contributed by atoms with Crippen molar-refractivity contribution >= 4 is 17.4 Å². The predicted octanol–water partition coefficient (Wildman–Crippen LogP) is 1.39. The third-order valence-electron chi connectivity index (χ3n) is 2.62. The summed E-state index contributed by atoms with van der Waals surface area (Å²) in [6, 6.07) is 3.23. The van der Waals surface area contributed by atoms with Gasteiger partial charge in [-0.25, -0.2) is 4.98 Å². The van der Waals surface area contributed by atoms with E-state index in [2.05, 4.69) is 16.8 Å². The molecule has 1 aromatic rings. The second kappa shape index (κ2) is 6.08. The van der Waals surface area contributed by atoms with Gasteiger partial charge in [-0.2, -0.15) is 0 Å². The van der Waals surface area contributed by atoms with Gasteiger partial charge in [-0.15, -0.1) is 0 Å². The molecule has 94 valence electrons. The molecule has 0 saturated carbocycles. The highest BCUT2D eigenvalue weighted by atomic mass is 16.1. The van der Waals surface area contributed by atoms with Crippen LogP contribution in [0.2, 0.25) is 0 Å². The van der Waals surface area contributed by atoms with Crippen LogP contribution in [0.4, 0.5) is 11.5 Å². The standard InChI is InChI=1S/C12H20N4O/c1-3-5-8-16(4-2)12-9(13)6-7-10(15-12)11(14)17/h6-7H,3-5,8,13H2,1-2H3,(H2,14,17). The molecule has 0 aromatic carbocycles. The maximum atomic E-state index is 11.1. The minimum Gasteiger partial charge on any atom is -0.396 e. The minimum atomic E-state index is -0.530. The Morgan fingerprint density at radius 1 is 1.41 bits per heavy atom. The molecule has 4 N–H and O–H groups in total. The Hall–Kier alpha value is -1.78. The molecule has 1 aromatic heterocycles. The van der Waals surface area contributed by atoms with E-state index in [1.54, 1.807) is 12.1 Å². The summed E-state index contributed by atoms with van der Waals surface area (Å²) in [6.45, 7) is 5.85. The van der Waals surface area contributed by atoms with Gasteiger partial charge in [-0.05, 0) is 25.5 Å². The Kier molecular flexibility index (Phi) is 4.75. The second-order valence-electron chi connectivity index (χ2n) is 3.91. The van der Waals surface area contributed by atoms with Crippen LogP contribution in [0, 0.1) is 0 Å². The number of anilines is 2. The molecule has 0 radical (unpaired) electrons. The molecule has 0 aliphatic rings. The van der Waals surface area contributed by atoms with Crippen molar-refractivity contribution in [3.63, 3.8) is 0 Å². The predicted molar refractivity (Wildman–Crippen MR) is 70.0 cm³/mol. The number of carbonyl (C=O) groups excluding carboxylic acids is 1. The third kappa shape index (κ3) is 3.34. The number of aromatic nitrogens is 1. The van der Waals surface area contributed by atoms with Crippen molar-refractivity contribution in [2.24, 2.45) is 5.73 Å². The molecule has 0 unspecified atom stereocenters. The normalized spacial score (nSPS) is 10.2. The first-order chi connectivity index (χ1) is 8.10. The number of pyridine rings is 1. The molecule has 0 fully saturated rings. The fourth-order valence-electron chi connectivity index (χ4n) is 1.61. The quantitative estimate of drug-likeness (QED) is 0.781. The zero-order valence-electron chi connectivity index (χ0n) is 10.4. The van der Waals surface area contributed by atoms with Gasteiger partial charge < -0.3 is 16.4 Å². The average Bonchev–Trinajstić information content (AvgIpc) is 2.31. The largest absolute Gasteiger partial charge is 0.396 e. The van der Waals surface area contributed by atoms with Crippen molar-refractivity contribution < 1.29 is 4.79 Å². The van der Waals surface area contributed by atoms with Gasteiger partial charge in [-0.1, -0.05) is 13.3 Å². The van der Waals surface area contributed by atoms with Crippen molar-refractivity contribution in [1.82, 2.24) is 4.98 Å². The van der Waals surface area contributed by atoms with Crippen LogP contribution < -0.4 is 16.4 Å². The third-order valence-corrected chi connectivity index (χ3v) is 2.62. The molecule has 0 spiro atoms. The molecule has 0 atom stereocenters. The number of unbranched alkanes of at least 4 members (excludes halogenated alkanes) is 1. The first kappa shape index (κ1) is 13.3. The molecule has 1 heterocycles. The highest BCUT2D eigenvalue weighted by Gasteiger charge is 2.12. The van der Waals surface area contributed by atoms with Gasteiger partial charge in [0.15, 0.2) is 5.82 Å². The first-order valence-electron chi connectivity index (χ1n) is 5.91. The molecule has 0 bridgehead atoms. The van der Waals surface area contributed by atoms with Crippen molar-refractivity contribution in [2.45, 2.75) is 26.7 Å². The van der Waals surface area contributed by atoms with Crippen LogP contribution >= 0.6 is 0 Å². The van der Waals surface area contributed by atoms with Crippen molar-refractivity contribution in [2.75, 3.05) is 23.7 Å². The summed E-state index contributed by atoms with van der Waals surface area (Å²) in [7, 11) is 0. The van der Waals surface area contributed by atoms with E-state index >= 15 is 0 Å². The molecule has 1 amide bonds. The Labute approximate surface area is 102 Å². The van der Waals surface area contributed by atoms with Crippen LogP contribution in [0.25, 0.3) is 0 Å². The van der Waals surface area contributed by atoms with E-state index in [0.717, 1.165) is 25.9 Å². The highest BCUT2D eigenvalue weighted by molar-refractivity contribution is 5.91. The van der Waals surface area contributed by atoms with E-state index in [-0.39, 0.29) is 5.69 Å². The summed E-state index contributed by atoms with van der Waals surface area (Å²) in [5.74, 6) is 0.120. The van der Waals surface area contributed by atoms with Gasteiger partial charge in [0.05, 0.1) is 5.69 Å². The monoisotopic (exact) mass is 236 g/mol. The Bertz CT molecular complexity index is 392. The van der Waals surface area contributed by atoms with Gasteiger partial charge in [0.2, 0.25) is 0 Å². The SMILES string of the molecule is CCCCN(CC)c1nc(C(N)=O)ccc1N. The zero-order valence-corrected chi connectivity index (χ0v) is 10.4. The van der Waals surface area contributed by atoms with Gasteiger partial charge in [0.25, 0.3) is 5.91 Å². The number of nitrogens with zero attached hydrogens (tertiary/aromatic N) is 2. The Morgan fingerprint density at radius 2 is 2.12 bits per heavy atom. The molecular weight excluding hydrogens is 216 g/mol. The lowest BCUT2D eigenvalue weighted by Crippen LogP contribution is -2.27. The lowest BCUT2D eigenvalue weighted by Gasteiger charge is -2.23. The summed E-state index contributed by atoms with van der Waals surface area (Å²) in [5, 5.41) is 0. The highest BCUT2D eigenvalue weighted by Crippen LogP contribution is 2.21. The second-order valence-corrected chi connectivity index (χ2v) is 3.91. The lowest BCUT2D eigenvalue weighted by molar-refractivity contribution is 0.0995. The van der Waals surface area contributed by atoms with Crippen molar-refractivity contribution in [3.05, 3.63) is 17.8 Å². The molecule has 5 heteroatoms. The number of hydrogen-bond donors (Lipinski definition) is 2. The molecule has 17 heavy (non-hydrogen) atoms. The smallest absolute Gasteiger partial charge is 0.267 e. The van der Waals surface area contributed by atoms with Gasteiger partial charge in [0, 0.05) is 13.1 Å². The number of carbonyl (C=O) groups is 1. The van der Waals surface area contributed by atoms with Crippen LogP contribution in [0.3, 0.4) is 0 Å². The maximum absolute atomic E-state index is 11.1. The zero-order chi connectivity index (χ0) is 12.8. The van der Waals surface area contributed by atoms with Crippen LogP contribution in [-0.2, 0) is 0 Å². The summed E-state index contributed by atoms with van der Waals surface area (Å²) in [6.07, 6.45) is 2.17. The van der Waals surface area contributed by atoms with Crippen molar-refractivity contribution in [3.8, 4) is 0 Å². The fourth-order valence-corrected chi connectivity index (χ4v) is 1.61. The van der Waals surface area contributed by atoms with Crippen LogP contribution in [-0.4, -0.2) is 24.0 Å². The van der Waals surface area contributed by atoms with E-state index < -0.39 is 5.91 Å². The molecule has 0 aliphatic heterocycles. The van der Waals surface area contributed by atoms with E-state index in [1.807, 2.05) is 6.92 Å². The topological polar surface area (TPSA) is 85.2 Å². The number of nitrogens with two attached hydrogens (primary N) is 2. The first-order valence-corrected chi connectivity index (χ1v) is 5.91. The van der Waals surface area contributed by atoms with E-state index in [9.17, 15) is 4.79 Å². The van der Waals surface area contributed by atoms with E-state index in [1.165, 1.54) is 0 Å². The van der Waals surface area contributed by atoms with Gasteiger partial charge in [-0.3, -0.25) is 4.79 Å². The number of amides is 1. The van der Waals surface area contributed by atoms with Crippen LogP contribution in [0.5, 0.6) is 0 Å². The summed E-state index contributed by atoms with van der Waals surface area (Å²) < 4.78 is 0. The Morgan fingerprint density at radius 3 is 2.65 bits per heavy atom. The summed E-state index contributed by atoms with van der Waals surface area (Å²) in [5.41, 5.74) is 11.9. The summed E-state index contributed by atoms with van der Waals surface area (Å²) in [4.78, 5) is 17.4.